The summed E-state index contributed by atoms with van der Waals surface area (Å²) < 4.78 is 40.3. The molecule has 1 saturated heterocycles. The first-order valence-corrected chi connectivity index (χ1v) is 10.7. The number of nitrogens with two attached hydrogens (primary N) is 1. The number of benzene rings is 1. The van der Waals surface area contributed by atoms with Crippen LogP contribution in [0.15, 0.2) is 18.5 Å². The zero-order chi connectivity index (χ0) is 23.2. The summed E-state index contributed by atoms with van der Waals surface area (Å²) in [7, 11) is 2.00. The van der Waals surface area contributed by atoms with Crippen molar-refractivity contribution in [1.82, 2.24) is 19.5 Å². The highest BCUT2D eigenvalue weighted by molar-refractivity contribution is 5.88. The summed E-state index contributed by atoms with van der Waals surface area (Å²) >= 11 is 0. The minimum Gasteiger partial charge on any atom is -0.398 e. The lowest BCUT2D eigenvalue weighted by atomic mass is 9.97. The molecule has 0 bridgehead atoms. The van der Waals surface area contributed by atoms with Crippen LogP contribution in [0, 0.1) is 6.92 Å². The Balaban J connectivity index is 1.57. The van der Waals surface area contributed by atoms with Crippen LogP contribution in [0.25, 0.3) is 11.0 Å². The molecule has 4 rings (SSSR count). The second-order valence-electron chi connectivity index (χ2n) is 8.72. The van der Waals surface area contributed by atoms with Crippen molar-refractivity contribution in [3.8, 4) is 0 Å². The molecule has 1 aromatic carbocycles. The van der Waals surface area contributed by atoms with Crippen LogP contribution < -0.4 is 16.0 Å². The SMILES string of the molecule is Cc1c(N)c(C(C)C)cc2c1nc(N1CCC[C@@H](Nc3ncc(C(F)(F)F)cn3)C1)n2C. The third kappa shape index (κ3) is 4.05. The Bertz CT molecular complexity index is 1120. The van der Waals surface area contributed by atoms with Crippen LogP contribution in [0.4, 0.5) is 30.8 Å². The first-order valence-electron chi connectivity index (χ1n) is 10.7. The molecular weight excluding hydrogens is 419 g/mol. The minimum atomic E-state index is -4.45. The van der Waals surface area contributed by atoms with Gasteiger partial charge in [-0.05, 0) is 37.3 Å². The van der Waals surface area contributed by atoms with Gasteiger partial charge in [-0.15, -0.1) is 0 Å². The number of alkyl halides is 3. The molecule has 7 nitrogen and oxygen atoms in total. The topological polar surface area (TPSA) is 84.9 Å². The molecule has 3 aromatic rings. The molecule has 172 valence electrons. The fourth-order valence-corrected chi connectivity index (χ4v) is 4.28. The third-order valence-corrected chi connectivity index (χ3v) is 6.12. The van der Waals surface area contributed by atoms with Gasteiger partial charge in [-0.2, -0.15) is 13.2 Å². The van der Waals surface area contributed by atoms with Crippen molar-refractivity contribution in [2.75, 3.05) is 29.0 Å². The Morgan fingerprint density at radius 2 is 1.91 bits per heavy atom. The predicted molar refractivity (Wildman–Crippen MR) is 120 cm³/mol. The lowest BCUT2D eigenvalue weighted by Crippen LogP contribution is -2.43. The van der Waals surface area contributed by atoms with Crippen LogP contribution >= 0.6 is 0 Å². The molecule has 0 spiro atoms. The van der Waals surface area contributed by atoms with E-state index in [0.29, 0.717) is 12.5 Å². The summed E-state index contributed by atoms with van der Waals surface area (Å²) in [5.41, 5.74) is 10.3. The minimum absolute atomic E-state index is 0.00214. The first kappa shape index (κ1) is 22.2. The highest BCUT2D eigenvalue weighted by Crippen LogP contribution is 2.34. The molecule has 3 heterocycles. The summed E-state index contributed by atoms with van der Waals surface area (Å²) in [6.07, 6.45) is -1.05. The number of hydrogen-bond donors (Lipinski definition) is 2. The van der Waals surface area contributed by atoms with Gasteiger partial charge in [0.25, 0.3) is 0 Å². The second-order valence-corrected chi connectivity index (χ2v) is 8.72. The number of hydrogen-bond acceptors (Lipinski definition) is 6. The number of anilines is 3. The molecule has 10 heteroatoms. The van der Waals surface area contributed by atoms with Crippen molar-refractivity contribution in [2.45, 2.75) is 51.7 Å². The van der Waals surface area contributed by atoms with Crippen molar-refractivity contribution >= 4 is 28.6 Å². The zero-order valence-electron chi connectivity index (χ0n) is 18.7. The number of nitrogen functional groups attached to an aromatic ring is 1. The van der Waals surface area contributed by atoms with Gasteiger partial charge >= 0.3 is 6.18 Å². The van der Waals surface area contributed by atoms with Crippen molar-refractivity contribution in [1.29, 1.82) is 0 Å². The maximum atomic E-state index is 12.7. The van der Waals surface area contributed by atoms with Crippen LogP contribution in [-0.4, -0.2) is 38.7 Å². The van der Waals surface area contributed by atoms with Gasteiger partial charge < -0.3 is 20.5 Å². The van der Waals surface area contributed by atoms with Crippen molar-refractivity contribution in [2.24, 2.45) is 7.05 Å². The van der Waals surface area contributed by atoms with E-state index in [-0.39, 0.29) is 12.0 Å². The number of nitrogens with zero attached hydrogens (tertiary/aromatic N) is 5. The van der Waals surface area contributed by atoms with Gasteiger partial charge in [0.1, 0.15) is 0 Å². The van der Waals surface area contributed by atoms with Crippen LogP contribution in [0.5, 0.6) is 0 Å². The van der Waals surface area contributed by atoms with Gasteiger partial charge in [0.2, 0.25) is 11.9 Å². The lowest BCUT2D eigenvalue weighted by molar-refractivity contribution is -0.138. The Labute approximate surface area is 184 Å². The third-order valence-electron chi connectivity index (χ3n) is 6.12. The molecular formula is C22H28F3N7. The normalized spacial score (nSPS) is 17.4. The first-order chi connectivity index (χ1) is 15.1. The Hall–Kier alpha value is -3.04. The highest BCUT2D eigenvalue weighted by atomic mass is 19.4. The average Bonchev–Trinajstić information content (AvgIpc) is 3.07. The van der Waals surface area contributed by atoms with Crippen LogP contribution in [0.3, 0.4) is 0 Å². The van der Waals surface area contributed by atoms with Gasteiger partial charge in [0.15, 0.2) is 0 Å². The fourth-order valence-electron chi connectivity index (χ4n) is 4.28. The number of piperidine rings is 1. The predicted octanol–water partition coefficient (Wildman–Crippen LogP) is 4.48. The van der Waals surface area contributed by atoms with Crippen molar-refractivity contribution < 1.29 is 13.2 Å². The van der Waals surface area contributed by atoms with Gasteiger partial charge in [-0.1, -0.05) is 13.8 Å². The van der Waals surface area contributed by atoms with E-state index in [1.54, 1.807) is 0 Å². The summed E-state index contributed by atoms with van der Waals surface area (Å²) in [5, 5.41) is 3.17. The maximum Gasteiger partial charge on any atom is 0.419 e. The number of halogens is 3. The van der Waals surface area contributed by atoms with E-state index in [9.17, 15) is 13.2 Å². The summed E-state index contributed by atoms with van der Waals surface area (Å²) in [6.45, 7) is 7.74. The van der Waals surface area contributed by atoms with E-state index in [2.05, 4.69) is 44.7 Å². The van der Waals surface area contributed by atoms with E-state index in [1.165, 1.54) is 0 Å². The molecule has 1 atom stereocenters. The number of nitrogens with one attached hydrogen (secondary N) is 1. The number of fused-ring (bicyclic) bond motifs is 1. The maximum absolute atomic E-state index is 12.7. The molecule has 3 N–H and O–H groups in total. The van der Waals surface area contributed by atoms with E-state index >= 15 is 0 Å². The van der Waals surface area contributed by atoms with Gasteiger partial charge in [-0.3, -0.25) is 0 Å². The number of aryl methyl sites for hydroxylation is 2. The molecule has 0 saturated carbocycles. The van der Waals surface area contributed by atoms with Crippen molar-refractivity contribution in [3.63, 3.8) is 0 Å². The number of rotatable bonds is 4. The van der Waals surface area contributed by atoms with E-state index in [4.69, 9.17) is 10.7 Å². The number of imidazole rings is 1. The summed E-state index contributed by atoms with van der Waals surface area (Å²) in [6, 6.07) is 2.12. The van der Waals surface area contributed by atoms with Crippen molar-refractivity contribution in [3.05, 3.63) is 35.2 Å². The molecule has 1 aliphatic rings. The second kappa shape index (κ2) is 8.14. The summed E-state index contributed by atoms with van der Waals surface area (Å²) in [4.78, 5) is 14.8. The van der Waals surface area contributed by atoms with E-state index in [0.717, 1.165) is 65.6 Å². The molecule has 1 fully saturated rings. The Morgan fingerprint density at radius 3 is 2.53 bits per heavy atom. The average molecular weight is 448 g/mol. The molecule has 0 amide bonds. The van der Waals surface area contributed by atoms with E-state index < -0.39 is 11.7 Å². The van der Waals surface area contributed by atoms with Gasteiger partial charge in [0, 0.05) is 49.8 Å². The van der Waals surface area contributed by atoms with Crippen LogP contribution in [0.2, 0.25) is 0 Å². The highest BCUT2D eigenvalue weighted by Gasteiger charge is 2.31. The smallest absolute Gasteiger partial charge is 0.398 e. The van der Waals surface area contributed by atoms with Crippen LogP contribution in [0.1, 0.15) is 49.3 Å². The molecule has 0 radical (unpaired) electrons. The van der Waals surface area contributed by atoms with Gasteiger partial charge in [0.05, 0.1) is 16.6 Å². The Morgan fingerprint density at radius 1 is 1.22 bits per heavy atom. The quantitative estimate of drug-likeness (QED) is 0.574. The molecule has 32 heavy (non-hydrogen) atoms. The van der Waals surface area contributed by atoms with E-state index in [1.807, 2.05) is 14.0 Å². The lowest BCUT2D eigenvalue weighted by Gasteiger charge is -2.33. The molecule has 0 aliphatic carbocycles. The number of aromatic nitrogens is 4. The fraction of sp³-hybridized carbons (Fsp3) is 0.500. The Kier molecular flexibility index (Phi) is 5.64. The molecule has 2 aromatic heterocycles. The standard InChI is InChI=1S/C22H28F3N7/c1-12(2)16-8-17-19(13(3)18(16)26)30-21(31(17)4)32-7-5-6-15(11-32)29-20-27-9-14(10-28-20)22(23,24)25/h8-10,12,15H,5-7,11,26H2,1-4H3,(H,27,28,29)/t15-/m1/s1. The van der Waals surface area contributed by atoms with Crippen LogP contribution in [-0.2, 0) is 13.2 Å². The molecule has 1 aliphatic heterocycles. The monoisotopic (exact) mass is 447 g/mol. The summed E-state index contributed by atoms with van der Waals surface area (Å²) in [5.74, 6) is 1.35. The van der Waals surface area contributed by atoms with Gasteiger partial charge in [-0.25, -0.2) is 15.0 Å². The largest absolute Gasteiger partial charge is 0.419 e. The zero-order valence-corrected chi connectivity index (χ0v) is 18.7. The molecule has 0 unspecified atom stereocenters.